The van der Waals surface area contributed by atoms with E-state index in [2.05, 4.69) is 81.5 Å². The number of nitrogens with one attached hydrogen (secondary N) is 2. The van der Waals surface area contributed by atoms with Gasteiger partial charge in [0.2, 0.25) is 0 Å². The predicted molar refractivity (Wildman–Crippen MR) is 160 cm³/mol. The van der Waals surface area contributed by atoms with Gasteiger partial charge in [-0.25, -0.2) is 9.97 Å². The first kappa shape index (κ1) is 23.0. The molecule has 5 aromatic rings. The Kier molecular flexibility index (Phi) is 4.84. The lowest BCUT2D eigenvalue weighted by Gasteiger charge is -2.28. The molecular weight excluding hydrogens is 490 g/mol. The lowest BCUT2D eigenvalue weighted by Crippen LogP contribution is -2.22. The molecular formula is C35H35N5. The molecule has 0 bridgehead atoms. The zero-order valence-corrected chi connectivity index (χ0v) is 23.1. The fourth-order valence-corrected chi connectivity index (χ4v) is 8.64. The van der Waals surface area contributed by atoms with Gasteiger partial charge in [-0.2, -0.15) is 0 Å². The van der Waals surface area contributed by atoms with E-state index in [9.17, 15) is 0 Å². The molecule has 5 heteroatoms. The molecule has 2 aromatic heterocycles. The second kappa shape index (κ2) is 8.40. The van der Waals surface area contributed by atoms with Gasteiger partial charge in [0.15, 0.2) is 0 Å². The van der Waals surface area contributed by atoms with E-state index in [4.69, 9.17) is 4.98 Å². The van der Waals surface area contributed by atoms with Crippen LogP contribution in [0.15, 0.2) is 67.1 Å². The molecule has 3 heterocycles. The molecule has 9 rings (SSSR count). The van der Waals surface area contributed by atoms with Crippen LogP contribution in [0.25, 0.3) is 44.5 Å². The number of piperidine rings is 1. The summed E-state index contributed by atoms with van der Waals surface area (Å²) in [5.41, 5.74) is 13.5. The van der Waals surface area contributed by atoms with Crippen LogP contribution in [0.2, 0.25) is 0 Å². The van der Waals surface area contributed by atoms with Crippen molar-refractivity contribution in [1.29, 1.82) is 0 Å². The molecule has 2 N–H and O–H groups in total. The fourth-order valence-electron chi connectivity index (χ4n) is 8.64. The maximum Gasteiger partial charge on any atom is 0.124 e. The van der Waals surface area contributed by atoms with Gasteiger partial charge in [-0.15, -0.1) is 0 Å². The Morgan fingerprint density at radius 3 is 2.45 bits per heavy atom. The first-order valence-electron chi connectivity index (χ1n) is 15.1. The van der Waals surface area contributed by atoms with Gasteiger partial charge in [0.1, 0.15) is 5.82 Å². The summed E-state index contributed by atoms with van der Waals surface area (Å²) in [6.07, 6.45) is 14.0. The van der Waals surface area contributed by atoms with Gasteiger partial charge >= 0.3 is 0 Å². The Bertz CT molecular complexity index is 1740. The van der Waals surface area contributed by atoms with Gasteiger partial charge in [-0.3, -0.25) is 4.90 Å². The lowest BCUT2D eigenvalue weighted by molar-refractivity contribution is 0.264. The van der Waals surface area contributed by atoms with Crippen LogP contribution in [0, 0.1) is 5.92 Å². The number of likely N-dealkylation sites (tertiary alicyclic amines) is 1. The molecule has 1 saturated heterocycles. The molecule has 40 heavy (non-hydrogen) atoms. The SMILES string of the molecule is CN1C(c2nc3ccc(-c4ccc(-c5ccc(-c6cnc[nH]6)cc5)c5c4C4(CCCC4)CC5)cc3[nH]2)CC2CC21. The van der Waals surface area contributed by atoms with Gasteiger partial charge in [0.25, 0.3) is 0 Å². The molecule has 0 radical (unpaired) electrons. The number of H-pyrrole nitrogens is 2. The van der Waals surface area contributed by atoms with Crippen LogP contribution in [0.4, 0.5) is 0 Å². The van der Waals surface area contributed by atoms with Crippen LogP contribution in [0.1, 0.15) is 67.9 Å². The van der Waals surface area contributed by atoms with Crippen molar-refractivity contribution in [2.75, 3.05) is 7.05 Å². The predicted octanol–water partition coefficient (Wildman–Crippen LogP) is 7.81. The topological polar surface area (TPSA) is 60.6 Å². The molecule has 3 fully saturated rings. The van der Waals surface area contributed by atoms with Gasteiger partial charge in [0.05, 0.1) is 35.3 Å². The average molecular weight is 526 g/mol. The van der Waals surface area contributed by atoms with Crippen LogP contribution in [0.3, 0.4) is 0 Å². The van der Waals surface area contributed by atoms with E-state index in [-0.39, 0.29) is 0 Å². The highest BCUT2D eigenvalue weighted by atomic mass is 15.3. The van der Waals surface area contributed by atoms with E-state index in [0.29, 0.717) is 11.5 Å². The number of hydrogen-bond acceptors (Lipinski definition) is 3. The molecule has 4 aliphatic rings. The number of hydrogen-bond donors (Lipinski definition) is 2. The Hall–Kier alpha value is -3.70. The van der Waals surface area contributed by atoms with Crippen molar-refractivity contribution < 1.29 is 0 Å². The minimum absolute atomic E-state index is 0.332. The van der Waals surface area contributed by atoms with E-state index in [1.54, 1.807) is 17.5 Å². The van der Waals surface area contributed by atoms with E-state index in [1.165, 1.54) is 84.7 Å². The number of nitrogens with zero attached hydrogens (tertiary/aromatic N) is 3. The molecule has 3 unspecified atom stereocenters. The molecule has 2 saturated carbocycles. The van der Waals surface area contributed by atoms with Crippen molar-refractivity contribution >= 4 is 11.0 Å². The molecule has 3 atom stereocenters. The number of benzene rings is 3. The second-order valence-corrected chi connectivity index (χ2v) is 12.9. The third kappa shape index (κ3) is 3.37. The van der Waals surface area contributed by atoms with E-state index in [1.807, 2.05) is 6.20 Å². The normalized spacial score (nSPS) is 24.7. The third-order valence-corrected chi connectivity index (χ3v) is 10.8. The van der Waals surface area contributed by atoms with Gasteiger partial charge in [0, 0.05) is 6.04 Å². The van der Waals surface area contributed by atoms with Crippen LogP contribution in [-0.2, 0) is 11.8 Å². The Morgan fingerprint density at radius 2 is 1.68 bits per heavy atom. The number of rotatable bonds is 4. The van der Waals surface area contributed by atoms with Gasteiger partial charge < -0.3 is 9.97 Å². The minimum Gasteiger partial charge on any atom is -0.345 e. The molecule has 3 aromatic carbocycles. The second-order valence-electron chi connectivity index (χ2n) is 12.9. The van der Waals surface area contributed by atoms with Gasteiger partial charge in [-0.1, -0.05) is 55.3 Å². The number of aromatic nitrogens is 4. The van der Waals surface area contributed by atoms with Crippen molar-refractivity contribution in [2.24, 2.45) is 5.92 Å². The summed E-state index contributed by atoms with van der Waals surface area (Å²) >= 11 is 0. The van der Waals surface area contributed by atoms with Gasteiger partial charge in [-0.05, 0) is 108 Å². The molecule has 1 spiro atoms. The summed E-state index contributed by atoms with van der Waals surface area (Å²) in [4.78, 5) is 18.8. The highest BCUT2D eigenvalue weighted by Crippen LogP contribution is 2.55. The molecule has 1 aliphatic heterocycles. The Labute approximate surface area is 235 Å². The zero-order valence-electron chi connectivity index (χ0n) is 23.1. The largest absolute Gasteiger partial charge is 0.345 e. The standard InChI is InChI=1S/C35H35N5/c1-40-31-17-24(31)18-32(40)34-38-28-11-8-23(16-29(28)39-34)26-10-9-25(27-12-15-35(33(26)27)13-2-3-14-35)21-4-6-22(7-5-21)30-19-36-20-37-30/h4-11,16,19-20,24,31-32H,2-3,12-15,17-18H2,1H3,(H,36,37)(H,38,39). The van der Waals surface area contributed by atoms with Crippen molar-refractivity contribution in [3.63, 3.8) is 0 Å². The van der Waals surface area contributed by atoms with Crippen molar-refractivity contribution in [3.8, 4) is 33.5 Å². The van der Waals surface area contributed by atoms with Crippen molar-refractivity contribution in [2.45, 2.75) is 68.9 Å². The fraction of sp³-hybridized carbons (Fsp3) is 0.371. The molecule has 200 valence electrons. The summed E-state index contributed by atoms with van der Waals surface area (Å²) < 4.78 is 0. The minimum atomic E-state index is 0.332. The highest BCUT2D eigenvalue weighted by Gasteiger charge is 2.51. The number of aromatic amines is 2. The van der Waals surface area contributed by atoms with E-state index < -0.39 is 0 Å². The summed E-state index contributed by atoms with van der Waals surface area (Å²) in [5, 5.41) is 0. The smallest absolute Gasteiger partial charge is 0.124 e. The van der Waals surface area contributed by atoms with Crippen LogP contribution < -0.4 is 0 Å². The summed E-state index contributed by atoms with van der Waals surface area (Å²) in [6.45, 7) is 0. The first-order valence-corrected chi connectivity index (χ1v) is 15.1. The van der Waals surface area contributed by atoms with Crippen LogP contribution in [0.5, 0.6) is 0 Å². The van der Waals surface area contributed by atoms with E-state index in [0.717, 1.165) is 29.0 Å². The summed E-state index contributed by atoms with van der Waals surface area (Å²) in [7, 11) is 2.28. The molecule has 0 amide bonds. The maximum absolute atomic E-state index is 5.05. The maximum atomic E-state index is 5.05. The summed E-state index contributed by atoms with van der Waals surface area (Å²) in [5.74, 6) is 2.03. The monoisotopic (exact) mass is 525 g/mol. The lowest BCUT2D eigenvalue weighted by atomic mass is 9.76. The molecule has 3 aliphatic carbocycles. The van der Waals surface area contributed by atoms with E-state index >= 15 is 0 Å². The van der Waals surface area contributed by atoms with Crippen LogP contribution in [-0.4, -0.2) is 37.9 Å². The Balaban J connectivity index is 1.14. The highest BCUT2D eigenvalue weighted by molar-refractivity contribution is 5.86. The average Bonchev–Trinajstić information content (AvgIpc) is 3.59. The zero-order chi connectivity index (χ0) is 26.4. The van der Waals surface area contributed by atoms with Crippen molar-refractivity contribution in [1.82, 2.24) is 24.8 Å². The first-order chi connectivity index (χ1) is 19.7. The number of fused-ring (bicyclic) bond motifs is 4. The Morgan fingerprint density at radius 1 is 0.875 bits per heavy atom. The van der Waals surface area contributed by atoms with Crippen LogP contribution >= 0.6 is 0 Å². The third-order valence-electron chi connectivity index (χ3n) is 10.8. The number of imidazole rings is 2. The molecule has 5 nitrogen and oxygen atoms in total. The summed E-state index contributed by atoms with van der Waals surface area (Å²) in [6, 6.07) is 22.0. The quantitative estimate of drug-likeness (QED) is 0.252. The van der Waals surface area contributed by atoms with Crippen molar-refractivity contribution in [3.05, 3.63) is 84.1 Å².